The first-order chi connectivity index (χ1) is 13.5. The number of nitrogens with zero attached hydrogens (tertiary/aromatic N) is 3. The third-order valence-corrected chi connectivity index (χ3v) is 6.01. The molecule has 3 heterocycles. The van der Waals surface area contributed by atoms with Gasteiger partial charge in [-0.05, 0) is 36.3 Å². The SMILES string of the molecule is Cc1cccc(CN2C(=O)c3cnc(-c4cccs4)nc3C[C@@H]2CC(C)C)c1. The van der Waals surface area contributed by atoms with Crippen LogP contribution in [0.4, 0.5) is 0 Å². The Kier molecular flexibility index (Phi) is 5.27. The third-order valence-electron chi connectivity index (χ3n) is 5.15. The molecular weight excluding hydrogens is 366 g/mol. The molecule has 0 N–H and O–H groups in total. The van der Waals surface area contributed by atoms with Crippen LogP contribution in [0, 0.1) is 12.8 Å². The maximum Gasteiger partial charge on any atom is 0.257 e. The summed E-state index contributed by atoms with van der Waals surface area (Å²) in [4.78, 5) is 25.7. The Balaban J connectivity index is 1.68. The molecule has 0 fully saturated rings. The van der Waals surface area contributed by atoms with Crippen molar-refractivity contribution in [2.75, 3.05) is 0 Å². The van der Waals surface area contributed by atoms with Gasteiger partial charge in [-0.25, -0.2) is 9.97 Å². The summed E-state index contributed by atoms with van der Waals surface area (Å²) in [6.45, 7) is 7.14. The average molecular weight is 392 g/mol. The third kappa shape index (κ3) is 3.85. The zero-order valence-corrected chi connectivity index (χ0v) is 17.4. The van der Waals surface area contributed by atoms with E-state index in [2.05, 4.69) is 50.0 Å². The summed E-state index contributed by atoms with van der Waals surface area (Å²) in [5, 5.41) is 2.02. The van der Waals surface area contributed by atoms with Crippen molar-refractivity contribution in [1.82, 2.24) is 14.9 Å². The van der Waals surface area contributed by atoms with Gasteiger partial charge in [0.2, 0.25) is 0 Å². The van der Waals surface area contributed by atoms with Crippen LogP contribution in [0.25, 0.3) is 10.7 Å². The number of thiophene rings is 1. The van der Waals surface area contributed by atoms with Gasteiger partial charge in [0.15, 0.2) is 5.82 Å². The number of carbonyl (C=O) groups excluding carboxylic acids is 1. The Morgan fingerprint density at radius 2 is 2.11 bits per heavy atom. The molecule has 1 atom stereocenters. The molecule has 0 saturated heterocycles. The van der Waals surface area contributed by atoms with Crippen molar-refractivity contribution in [1.29, 1.82) is 0 Å². The van der Waals surface area contributed by atoms with Crippen LogP contribution in [0.15, 0.2) is 48.0 Å². The number of carbonyl (C=O) groups is 1. The van der Waals surface area contributed by atoms with E-state index in [0.717, 1.165) is 29.2 Å². The van der Waals surface area contributed by atoms with Gasteiger partial charge in [-0.3, -0.25) is 4.79 Å². The molecule has 0 unspecified atom stereocenters. The minimum Gasteiger partial charge on any atom is -0.331 e. The van der Waals surface area contributed by atoms with E-state index in [1.807, 2.05) is 22.4 Å². The van der Waals surface area contributed by atoms with Crippen LogP contribution >= 0.6 is 11.3 Å². The van der Waals surface area contributed by atoms with Gasteiger partial charge in [-0.2, -0.15) is 0 Å². The summed E-state index contributed by atoms with van der Waals surface area (Å²) in [6.07, 6.45) is 3.47. The van der Waals surface area contributed by atoms with Gasteiger partial charge in [-0.15, -0.1) is 11.3 Å². The molecule has 0 spiro atoms. The average Bonchev–Trinajstić information content (AvgIpc) is 3.19. The van der Waals surface area contributed by atoms with Crippen LogP contribution < -0.4 is 0 Å². The number of amides is 1. The van der Waals surface area contributed by atoms with Gasteiger partial charge in [-0.1, -0.05) is 49.7 Å². The van der Waals surface area contributed by atoms with E-state index >= 15 is 0 Å². The Morgan fingerprint density at radius 1 is 1.25 bits per heavy atom. The summed E-state index contributed by atoms with van der Waals surface area (Å²) in [5.74, 6) is 1.28. The topological polar surface area (TPSA) is 46.1 Å². The molecule has 4 nitrogen and oxygen atoms in total. The lowest BCUT2D eigenvalue weighted by molar-refractivity contribution is 0.0602. The Morgan fingerprint density at radius 3 is 2.82 bits per heavy atom. The molecule has 0 bridgehead atoms. The summed E-state index contributed by atoms with van der Waals surface area (Å²) in [5.41, 5.74) is 3.91. The van der Waals surface area contributed by atoms with E-state index in [9.17, 15) is 4.79 Å². The van der Waals surface area contributed by atoms with Gasteiger partial charge >= 0.3 is 0 Å². The highest BCUT2D eigenvalue weighted by Gasteiger charge is 2.34. The van der Waals surface area contributed by atoms with Crippen molar-refractivity contribution in [3.05, 3.63) is 70.4 Å². The smallest absolute Gasteiger partial charge is 0.257 e. The molecule has 28 heavy (non-hydrogen) atoms. The lowest BCUT2D eigenvalue weighted by atomic mass is 9.91. The van der Waals surface area contributed by atoms with Crippen LogP contribution in [-0.2, 0) is 13.0 Å². The number of hydrogen-bond acceptors (Lipinski definition) is 4. The second kappa shape index (κ2) is 7.84. The number of hydrogen-bond donors (Lipinski definition) is 0. The van der Waals surface area contributed by atoms with Gasteiger partial charge < -0.3 is 4.90 Å². The number of aryl methyl sites for hydroxylation is 1. The second-order valence-electron chi connectivity index (χ2n) is 7.94. The molecule has 3 aromatic rings. The molecule has 0 aliphatic carbocycles. The van der Waals surface area contributed by atoms with Crippen molar-refractivity contribution < 1.29 is 4.79 Å². The summed E-state index contributed by atoms with van der Waals surface area (Å²) < 4.78 is 0. The van der Waals surface area contributed by atoms with Crippen molar-refractivity contribution >= 4 is 17.2 Å². The zero-order valence-electron chi connectivity index (χ0n) is 16.6. The first-order valence-electron chi connectivity index (χ1n) is 9.77. The molecule has 0 saturated carbocycles. The first-order valence-corrected chi connectivity index (χ1v) is 10.7. The fraction of sp³-hybridized carbons (Fsp3) is 0.348. The van der Waals surface area contributed by atoms with Crippen molar-refractivity contribution in [2.24, 2.45) is 5.92 Å². The lowest BCUT2D eigenvalue weighted by Gasteiger charge is -2.37. The monoisotopic (exact) mass is 391 g/mol. The zero-order chi connectivity index (χ0) is 19.7. The molecule has 1 aliphatic heterocycles. The summed E-state index contributed by atoms with van der Waals surface area (Å²) in [7, 11) is 0. The molecular formula is C23H25N3OS. The highest BCUT2D eigenvalue weighted by atomic mass is 32.1. The predicted octanol–water partition coefficient (Wildman–Crippen LogP) is 5.13. The van der Waals surface area contributed by atoms with Crippen LogP contribution in [0.1, 0.15) is 47.4 Å². The molecule has 2 aromatic heterocycles. The predicted molar refractivity (Wildman–Crippen MR) is 113 cm³/mol. The van der Waals surface area contributed by atoms with Gasteiger partial charge in [0.25, 0.3) is 5.91 Å². The van der Waals surface area contributed by atoms with Crippen molar-refractivity contribution in [3.8, 4) is 10.7 Å². The van der Waals surface area contributed by atoms with Gasteiger partial charge in [0.1, 0.15) is 0 Å². The number of benzene rings is 1. The molecule has 1 aliphatic rings. The Bertz CT molecular complexity index is 981. The summed E-state index contributed by atoms with van der Waals surface area (Å²) in [6, 6.07) is 12.6. The van der Waals surface area contributed by atoms with Crippen LogP contribution in [0.5, 0.6) is 0 Å². The van der Waals surface area contributed by atoms with Crippen LogP contribution in [-0.4, -0.2) is 26.8 Å². The van der Waals surface area contributed by atoms with Gasteiger partial charge in [0, 0.05) is 25.2 Å². The quantitative estimate of drug-likeness (QED) is 0.606. The molecule has 1 aromatic carbocycles. The second-order valence-corrected chi connectivity index (χ2v) is 8.89. The molecule has 1 amide bonds. The molecule has 4 rings (SSSR count). The number of rotatable bonds is 5. The Labute approximate surface area is 170 Å². The largest absolute Gasteiger partial charge is 0.331 e. The Hall–Kier alpha value is -2.53. The standard InChI is InChI=1S/C23H25N3OS/c1-15(2)10-18-12-20-19(13-24-22(25-20)21-8-5-9-28-21)23(27)26(18)14-17-7-4-6-16(3)11-17/h4-9,11,13,15,18H,10,12,14H2,1-3H3/t18-/m0/s1. The van der Waals surface area contributed by atoms with Crippen molar-refractivity contribution in [3.63, 3.8) is 0 Å². The van der Waals surface area contributed by atoms with Crippen molar-refractivity contribution in [2.45, 2.75) is 46.2 Å². The molecule has 5 heteroatoms. The minimum atomic E-state index is 0.0473. The number of aromatic nitrogens is 2. The maximum absolute atomic E-state index is 13.3. The van der Waals surface area contributed by atoms with E-state index in [1.54, 1.807) is 17.5 Å². The van der Waals surface area contributed by atoms with E-state index in [-0.39, 0.29) is 11.9 Å². The maximum atomic E-state index is 13.3. The van der Waals surface area contributed by atoms with Crippen LogP contribution in [0.2, 0.25) is 0 Å². The fourth-order valence-corrected chi connectivity index (χ4v) is 4.56. The molecule has 144 valence electrons. The first kappa shape index (κ1) is 18.8. The van der Waals surface area contributed by atoms with Crippen LogP contribution in [0.3, 0.4) is 0 Å². The normalized spacial score (nSPS) is 16.5. The highest BCUT2D eigenvalue weighted by molar-refractivity contribution is 7.13. The van der Waals surface area contributed by atoms with E-state index < -0.39 is 0 Å². The summed E-state index contributed by atoms with van der Waals surface area (Å²) >= 11 is 1.62. The minimum absolute atomic E-state index is 0.0473. The van der Waals surface area contributed by atoms with E-state index in [4.69, 9.17) is 4.98 Å². The van der Waals surface area contributed by atoms with Gasteiger partial charge in [0.05, 0.1) is 16.1 Å². The van der Waals surface area contributed by atoms with E-state index in [0.29, 0.717) is 18.0 Å². The lowest BCUT2D eigenvalue weighted by Crippen LogP contribution is -2.46. The highest BCUT2D eigenvalue weighted by Crippen LogP contribution is 2.29. The van der Waals surface area contributed by atoms with E-state index in [1.165, 1.54) is 11.1 Å². The fourth-order valence-electron chi connectivity index (χ4n) is 3.89. The number of fused-ring (bicyclic) bond motifs is 1. The molecule has 0 radical (unpaired) electrons.